The van der Waals surface area contributed by atoms with E-state index in [-0.39, 0.29) is 0 Å². The van der Waals surface area contributed by atoms with E-state index in [9.17, 15) is 0 Å². The Bertz CT molecular complexity index is 640. The SMILES string of the molecule is CN=C(NCCc1ccc2c(c1)OCO2)NCc1ccon1. The molecular weight excluding hydrogens is 284 g/mol. The van der Waals surface area contributed by atoms with Crippen LogP contribution < -0.4 is 20.1 Å². The third-order valence-electron chi connectivity index (χ3n) is 3.29. The second kappa shape index (κ2) is 6.84. The van der Waals surface area contributed by atoms with Crippen LogP contribution in [-0.4, -0.2) is 31.5 Å². The molecule has 0 atom stereocenters. The molecule has 0 saturated carbocycles. The number of nitrogens with zero attached hydrogens (tertiary/aromatic N) is 2. The number of rotatable bonds is 5. The number of aromatic nitrogens is 1. The number of hydrogen-bond acceptors (Lipinski definition) is 5. The van der Waals surface area contributed by atoms with Crippen molar-refractivity contribution in [2.75, 3.05) is 20.4 Å². The summed E-state index contributed by atoms with van der Waals surface area (Å²) in [6.07, 6.45) is 2.41. The molecule has 1 aliphatic heterocycles. The first kappa shape index (κ1) is 14.2. The van der Waals surface area contributed by atoms with Gasteiger partial charge in [0.2, 0.25) is 6.79 Å². The topological polar surface area (TPSA) is 80.9 Å². The van der Waals surface area contributed by atoms with Gasteiger partial charge in [-0.25, -0.2) is 0 Å². The molecule has 0 radical (unpaired) electrons. The number of benzene rings is 1. The molecule has 0 saturated heterocycles. The molecular formula is C15H18N4O3. The summed E-state index contributed by atoms with van der Waals surface area (Å²) >= 11 is 0. The van der Waals surface area contributed by atoms with Crippen LogP contribution in [0.3, 0.4) is 0 Å². The summed E-state index contributed by atoms with van der Waals surface area (Å²) in [5.41, 5.74) is 2.02. The predicted octanol–water partition coefficient (Wildman–Crippen LogP) is 1.31. The molecule has 7 heteroatoms. The fourth-order valence-corrected chi connectivity index (χ4v) is 2.15. The summed E-state index contributed by atoms with van der Waals surface area (Å²) < 4.78 is 15.5. The summed E-state index contributed by atoms with van der Waals surface area (Å²) in [6, 6.07) is 7.80. The van der Waals surface area contributed by atoms with Crippen molar-refractivity contribution >= 4 is 5.96 Å². The Balaban J connectivity index is 1.45. The zero-order valence-corrected chi connectivity index (χ0v) is 12.3. The largest absolute Gasteiger partial charge is 0.454 e. The Hall–Kier alpha value is -2.70. The van der Waals surface area contributed by atoms with Crippen molar-refractivity contribution in [3.05, 3.63) is 41.8 Å². The van der Waals surface area contributed by atoms with Crippen LogP contribution in [0.5, 0.6) is 11.5 Å². The second-order valence-electron chi connectivity index (χ2n) is 4.78. The van der Waals surface area contributed by atoms with Crippen molar-refractivity contribution in [1.29, 1.82) is 0 Å². The molecule has 0 aliphatic carbocycles. The van der Waals surface area contributed by atoms with Crippen LogP contribution in [0.1, 0.15) is 11.3 Å². The van der Waals surface area contributed by atoms with E-state index in [2.05, 4.69) is 20.8 Å². The van der Waals surface area contributed by atoms with E-state index in [1.165, 1.54) is 5.56 Å². The van der Waals surface area contributed by atoms with Crippen molar-refractivity contribution < 1.29 is 14.0 Å². The molecule has 22 heavy (non-hydrogen) atoms. The molecule has 0 unspecified atom stereocenters. The molecule has 116 valence electrons. The minimum absolute atomic E-state index is 0.301. The fraction of sp³-hybridized carbons (Fsp3) is 0.333. The lowest BCUT2D eigenvalue weighted by molar-refractivity contribution is 0.174. The molecule has 2 aromatic rings. The highest BCUT2D eigenvalue weighted by Gasteiger charge is 2.12. The van der Waals surface area contributed by atoms with Gasteiger partial charge < -0.3 is 24.6 Å². The third kappa shape index (κ3) is 3.49. The van der Waals surface area contributed by atoms with Crippen molar-refractivity contribution in [3.8, 4) is 11.5 Å². The summed E-state index contributed by atoms with van der Waals surface area (Å²) in [4.78, 5) is 4.17. The van der Waals surface area contributed by atoms with E-state index in [0.717, 1.165) is 36.1 Å². The Morgan fingerprint density at radius 1 is 1.23 bits per heavy atom. The molecule has 0 spiro atoms. The lowest BCUT2D eigenvalue weighted by atomic mass is 10.1. The zero-order valence-electron chi connectivity index (χ0n) is 12.3. The van der Waals surface area contributed by atoms with E-state index >= 15 is 0 Å². The van der Waals surface area contributed by atoms with E-state index in [0.29, 0.717) is 13.3 Å². The maximum absolute atomic E-state index is 5.37. The highest BCUT2D eigenvalue weighted by Crippen LogP contribution is 2.32. The first-order valence-electron chi connectivity index (χ1n) is 7.07. The Morgan fingerprint density at radius 3 is 2.95 bits per heavy atom. The van der Waals surface area contributed by atoms with Gasteiger partial charge in [0, 0.05) is 19.7 Å². The average molecular weight is 302 g/mol. The van der Waals surface area contributed by atoms with Gasteiger partial charge in [-0.05, 0) is 24.1 Å². The third-order valence-corrected chi connectivity index (χ3v) is 3.29. The molecule has 1 aromatic heterocycles. The van der Waals surface area contributed by atoms with Gasteiger partial charge in [0.05, 0.1) is 6.54 Å². The van der Waals surface area contributed by atoms with Gasteiger partial charge >= 0.3 is 0 Å². The lowest BCUT2D eigenvalue weighted by Crippen LogP contribution is -2.37. The van der Waals surface area contributed by atoms with E-state index < -0.39 is 0 Å². The minimum atomic E-state index is 0.301. The van der Waals surface area contributed by atoms with Crippen LogP contribution in [0, 0.1) is 0 Å². The van der Waals surface area contributed by atoms with Crippen LogP contribution >= 0.6 is 0 Å². The Morgan fingerprint density at radius 2 is 2.14 bits per heavy atom. The summed E-state index contributed by atoms with van der Waals surface area (Å²) in [7, 11) is 1.73. The van der Waals surface area contributed by atoms with Gasteiger partial charge in [0.25, 0.3) is 0 Å². The molecule has 0 bridgehead atoms. The van der Waals surface area contributed by atoms with Crippen LogP contribution in [0.4, 0.5) is 0 Å². The van der Waals surface area contributed by atoms with Gasteiger partial charge in [-0.15, -0.1) is 0 Å². The van der Waals surface area contributed by atoms with Gasteiger partial charge in [0.1, 0.15) is 12.0 Å². The van der Waals surface area contributed by atoms with E-state index in [4.69, 9.17) is 14.0 Å². The predicted molar refractivity (Wildman–Crippen MR) is 81.0 cm³/mol. The summed E-state index contributed by atoms with van der Waals surface area (Å²) in [6.45, 7) is 1.63. The second-order valence-corrected chi connectivity index (χ2v) is 4.78. The first-order chi connectivity index (χ1) is 10.8. The molecule has 3 rings (SSSR count). The number of aliphatic imine (C=N–C) groups is 1. The van der Waals surface area contributed by atoms with Crippen molar-refractivity contribution in [2.45, 2.75) is 13.0 Å². The number of guanidine groups is 1. The van der Waals surface area contributed by atoms with Gasteiger partial charge in [-0.3, -0.25) is 4.99 Å². The molecule has 0 fully saturated rings. The quantitative estimate of drug-likeness (QED) is 0.640. The standard InChI is InChI=1S/C15H18N4O3/c1-16-15(18-9-12-5-7-22-19-12)17-6-4-11-2-3-13-14(8-11)21-10-20-13/h2-3,5,7-8H,4,6,9-10H2,1H3,(H2,16,17,18). The number of hydrogen-bond donors (Lipinski definition) is 2. The molecule has 1 aromatic carbocycles. The van der Waals surface area contributed by atoms with Gasteiger partial charge in [-0.1, -0.05) is 11.2 Å². The monoisotopic (exact) mass is 302 g/mol. The van der Waals surface area contributed by atoms with Crippen LogP contribution in [0.2, 0.25) is 0 Å². The van der Waals surface area contributed by atoms with Crippen LogP contribution in [0.25, 0.3) is 0 Å². The van der Waals surface area contributed by atoms with Gasteiger partial charge in [-0.2, -0.15) is 0 Å². The zero-order chi connectivity index (χ0) is 15.2. The lowest BCUT2D eigenvalue weighted by Gasteiger charge is -2.11. The molecule has 2 heterocycles. The fourth-order valence-electron chi connectivity index (χ4n) is 2.15. The van der Waals surface area contributed by atoms with Crippen LogP contribution in [0.15, 0.2) is 40.0 Å². The van der Waals surface area contributed by atoms with Crippen molar-refractivity contribution in [1.82, 2.24) is 15.8 Å². The molecule has 1 aliphatic rings. The minimum Gasteiger partial charge on any atom is -0.454 e. The van der Waals surface area contributed by atoms with E-state index in [1.807, 2.05) is 24.3 Å². The number of nitrogens with one attached hydrogen (secondary N) is 2. The maximum atomic E-state index is 5.37. The Kier molecular flexibility index (Phi) is 4.43. The maximum Gasteiger partial charge on any atom is 0.231 e. The van der Waals surface area contributed by atoms with Crippen molar-refractivity contribution in [3.63, 3.8) is 0 Å². The molecule has 2 N–H and O–H groups in total. The average Bonchev–Trinajstić information content (AvgIpc) is 3.21. The highest BCUT2D eigenvalue weighted by molar-refractivity contribution is 5.79. The number of ether oxygens (including phenoxy) is 2. The summed E-state index contributed by atoms with van der Waals surface area (Å²) in [5.74, 6) is 2.34. The van der Waals surface area contributed by atoms with Gasteiger partial charge in [0.15, 0.2) is 17.5 Å². The number of fused-ring (bicyclic) bond motifs is 1. The first-order valence-corrected chi connectivity index (χ1v) is 7.07. The van der Waals surface area contributed by atoms with Crippen molar-refractivity contribution in [2.24, 2.45) is 4.99 Å². The Labute approximate surface area is 128 Å². The highest BCUT2D eigenvalue weighted by atomic mass is 16.7. The normalized spacial score (nSPS) is 13.2. The van der Waals surface area contributed by atoms with E-state index in [1.54, 1.807) is 13.3 Å². The molecule has 0 amide bonds. The molecule has 7 nitrogen and oxygen atoms in total. The smallest absolute Gasteiger partial charge is 0.231 e. The van der Waals surface area contributed by atoms with Crippen LogP contribution in [-0.2, 0) is 13.0 Å². The summed E-state index contributed by atoms with van der Waals surface area (Å²) in [5, 5.41) is 10.3.